The summed E-state index contributed by atoms with van der Waals surface area (Å²) in [6.07, 6.45) is -2.53. The van der Waals surface area contributed by atoms with E-state index in [0.717, 1.165) is 12.3 Å². The second-order valence-electron chi connectivity index (χ2n) is 2.89. The molecule has 0 bridgehead atoms. The van der Waals surface area contributed by atoms with Crippen LogP contribution in [-0.4, -0.2) is 25.2 Å². The van der Waals surface area contributed by atoms with Gasteiger partial charge in [0.1, 0.15) is 0 Å². The number of hydrogen-bond acceptors (Lipinski definition) is 1. The molecule has 0 aromatic carbocycles. The number of halogens is 9. The van der Waals surface area contributed by atoms with Gasteiger partial charge in [-0.2, -0.15) is 13.2 Å². The maximum absolute atomic E-state index is 11.9. The molecule has 0 spiro atoms. The van der Waals surface area contributed by atoms with Gasteiger partial charge in [0.25, 0.3) is 0 Å². The number of allylic oxidation sites excluding steroid dienone is 2. The Morgan fingerprint density at radius 3 is 1.39 bits per heavy atom. The van der Waals surface area contributed by atoms with E-state index in [0.29, 0.717) is 0 Å². The summed E-state index contributed by atoms with van der Waals surface area (Å²) in [5, 5.41) is 0. The van der Waals surface area contributed by atoms with Gasteiger partial charge in [0, 0.05) is 20.3 Å². The molecule has 18 heavy (non-hydrogen) atoms. The van der Waals surface area contributed by atoms with Crippen molar-refractivity contribution in [2.75, 3.05) is 14.1 Å². The monoisotopic (exact) mass is 310 g/mol. The molecular formula is C7H10F9NP-. The molecule has 0 amide bonds. The molecule has 0 rings (SSSR count). The Morgan fingerprint density at radius 2 is 1.33 bits per heavy atom. The van der Waals surface area contributed by atoms with Gasteiger partial charge < -0.3 is 9.60 Å². The largest absolute Gasteiger partial charge is 1.00 e. The summed E-state index contributed by atoms with van der Waals surface area (Å²) < 4.78 is 84.9. The number of alkyl halides is 3. The average molecular weight is 310 g/mol. The summed E-state index contributed by atoms with van der Waals surface area (Å²) in [5.41, 5.74) is -0.734. The van der Waals surface area contributed by atoms with E-state index in [9.17, 15) is 34.2 Å². The first-order valence-electron chi connectivity index (χ1n) is 3.80. The fourth-order valence-electron chi connectivity index (χ4n) is 0.520. The van der Waals surface area contributed by atoms with Crippen molar-refractivity contribution in [2.45, 2.75) is 6.18 Å². The molecule has 0 saturated carbocycles. The maximum Gasteiger partial charge on any atom is -1.00 e. The van der Waals surface area contributed by atoms with Crippen LogP contribution in [0.15, 0.2) is 24.4 Å². The third kappa shape index (κ3) is 24.4. The van der Waals surface area contributed by atoms with E-state index in [4.69, 9.17) is 0 Å². The molecule has 0 fully saturated rings. The van der Waals surface area contributed by atoms with E-state index in [1.807, 2.05) is 0 Å². The van der Waals surface area contributed by atoms with Gasteiger partial charge in [0.05, 0.1) is 5.57 Å². The molecule has 0 aromatic rings. The van der Waals surface area contributed by atoms with E-state index < -0.39 is 19.9 Å². The van der Waals surface area contributed by atoms with Crippen LogP contribution in [0, 0.1) is 0 Å². The number of nitrogens with zero attached hydrogens (tertiary/aromatic N) is 1. The minimum atomic E-state index is -8.55. The molecule has 0 aliphatic carbocycles. The molecule has 0 radical (unpaired) electrons. The third-order valence-electron chi connectivity index (χ3n) is 0.945. The van der Waals surface area contributed by atoms with Crippen molar-refractivity contribution in [3.05, 3.63) is 24.4 Å². The van der Waals surface area contributed by atoms with Crippen LogP contribution in [0.25, 0.3) is 0 Å². The molecule has 0 saturated heterocycles. The molecule has 0 unspecified atom stereocenters. The standard InChI is InChI=1S/C7H10F3N.F5P.FH/c1-4-6(5-11(2)3)7(8,9)10;1-6(2,3,4)5;/h4-5H,1H2,2-3H3;;1H/p-1/b6-5-;;. The summed E-state index contributed by atoms with van der Waals surface area (Å²) in [7, 11) is -5.50. The van der Waals surface area contributed by atoms with Crippen LogP contribution >= 0.6 is 8.16 Å². The molecule has 0 atom stereocenters. The van der Waals surface area contributed by atoms with Crippen molar-refractivity contribution in [3.8, 4) is 0 Å². The normalized spacial score (nSPS) is 14.3. The summed E-state index contributed by atoms with van der Waals surface area (Å²) in [6, 6.07) is 0. The van der Waals surface area contributed by atoms with Crippen LogP contribution in [-0.2, 0) is 0 Å². The van der Waals surface area contributed by atoms with E-state index in [2.05, 4.69) is 6.58 Å². The van der Waals surface area contributed by atoms with Gasteiger partial charge in [-0.25, -0.2) is 0 Å². The van der Waals surface area contributed by atoms with Crippen LogP contribution in [0.5, 0.6) is 0 Å². The first-order chi connectivity index (χ1) is 7.11. The van der Waals surface area contributed by atoms with Crippen LogP contribution < -0.4 is 4.70 Å². The summed E-state index contributed by atoms with van der Waals surface area (Å²) in [4.78, 5) is 1.32. The Hall–Kier alpha value is -0.920. The van der Waals surface area contributed by atoms with Gasteiger partial charge in [0.2, 0.25) is 0 Å². The molecule has 0 heterocycles. The Balaban J connectivity index is -0.000000277. The number of rotatable bonds is 2. The van der Waals surface area contributed by atoms with E-state index >= 15 is 0 Å². The van der Waals surface area contributed by atoms with Crippen LogP contribution in [0.3, 0.4) is 0 Å². The first kappa shape index (κ1) is 22.3. The Morgan fingerprint density at radius 1 is 1.06 bits per heavy atom. The predicted molar refractivity (Wildman–Crippen MR) is 50.5 cm³/mol. The minimum absolute atomic E-state index is 0. The smallest absolute Gasteiger partial charge is 1.00 e. The van der Waals surface area contributed by atoms with E-state index in [-0.39, 0.29) is 4.70 Å². The van der Waals surface area contributed by atoms with Crippen LogP contribution in [0.1, 0.15) is 0 Å². The molecule has 0 aromatic heterocycles. The van der Waals surface area contributed by atoms with Gasteiger partial charge in [-0.05, 0) is 0 Å². The quantitative estimate of drug-likeness (QED) is 0.429. The van der Waals surface area contributed by atoms with Crippen LogP contribution in [0.4, 0.5) is 34.2 Å². The van der Waals surface area contributed by atoms with Gasteiger partial charge in [-0.1, -0.05) is 12.7 Å². The molecule has 112 valence electrons. The minimum Gasteiger partial charge on any atom is -1.00 e. The molecule has 0 aliphatic rings. The van der Waals surface area contributed by atoms with Crippen LogP contribution in [0.2, 0.25) is 0 Å². The van der Waals surface area contributed by atoms with Gasteiger partial charge >= 0.3 is 35.3 Å². The molecule has 0 aliphatic heterocycles. The van der Waals surface area contributed by atoms with E-state index in [1.165, 1.54) is 19.0 Å². The zero-order valence-electron chi connectivity index (χ0n) is 9.16. The van der Waals surface area contributed by atoms with E-state index in [1.54, 1.807) is 0 Å². The fraction of sp³-hybridized carbons (Fsp3) is 0.429. The Bertz CT molecular complexity index is 269. The maximum atomic E-state index is 11.9. The van der Waals surface area contributed by atoms with Gasteiger partial charge in [0.15, 0.2) is 0 Å². The molecular weight excluding hydrogens is 300 g/mol. The summed E-state index contributed by atoms with van der Waals surface area (Å²) >= 11 is 0. The Kier molecular flexibility index (Phi) is 8.50. The molecule has 11 heteroatoms. The topological polar surface area (TPSA) is 3.24 Å². The first-order valence-corrected chi connectivity index (χ1v) is 5.49. The zero-order valence-corrected chi connectivity index (χ0v) is 10.1. The third-order valence-corrected chi connectivity index (χ3v) is 0.945. The van der Waals surface area contributed by atoms with Gasteiger partial charge in [-0.15, -0.1) is 0 Å². The van der Waals surface area contributed by atoms with Crippen molar-refractivity contribution >= 4 is 8.16 Å². The van der Waals surface area contributed by atoms with Crippen molar-refractivity contribution in [1.29, 1.82) is 0 Å². The fourth-order valence-corrected chi connectivity index (χ4v) is 0.520. The molecule has 1 nitrogen and oxygen atoms in total. The molecule has 0 N–H and O–H groups in total. The zero-order chi connectivity index (χ0) is 14.5. The summed E-state index contributed by atoms with van der Waals surface area (Å²) in [6.45, 7) is 3.07. The average Bonchev–Trinajstić information content (AvgIpc) is 1.92. The Labute approximate surface area is 97.6 Å². The van der Waals surface area contributed by atoms with Crippen molar-refractivity contribution < 1.29 is 38.9 Å². The summed E-state index contributed by atoms with van der Waals surface area (Å²) in [5.74, 6) is 0. The van der Waals surface area contributed by atoms with Crippen molar-refractivity contribution in [2.24, 2.45) is 0 Å². The number of hydrogen-bond donors (Lipinski definition) is 0. The van der Waals surface area contributed by atoms with Gasteiger partial charge in [-0.3, -0.25) is 0 Å². The van der Waals surface area contributed by atoms with Crippen molar-refractivity contribution in [1.82, 2.24) is 4.90 Å². The second kappa shape index (κ2) is 6.86. The second-order valence-corrected chi connectivity index (χ2v) is 4.17. The SMILES string of the molecule is C=C/C(=C/N(C)C)C(F)(F)F.FP(F)(F)(F)F.[F-]. The predicted octanol–water partition coefficient (Wildman–Crippen LogP) is 2.15. The van der Waals surface area contributed by atoms with Crippen molar-refractivity contribution in [3.63, 3.8) is 0 Å².